The lowest BCUT2D eigenvalue weighted by atomic mass is 10.1. The van der Waals surface area contributed by atoms with Crippen LogP contribution < -0.4 is 11.1 Å². The van der Waals surface area contributed by atoms with Gasteiger partial charge >= 0.3 is 0 Å². The lowest BCUT2D eigenvalue weighted by molar-refractivity contribution is -0.119. The molecule has 1 heterocycles. The van der Waals surface area contributed by atoms with E-state index >= 15 is 0 Å². The second kappa shape index (κ2) is 5.43. The summed E-state index contributed by atoms with van der Waals surface area (Å²) in [6.07, 6.45) is -0.129. The average molecular weight is 262 g/mol. The Kier molecular flexibility index (Phi) is 3.70. The fourth-order valence-electron chi connectivity index (χ4n) is 1.67. The third-order valence-corrected chi connectivity index (χ3v) is 2.57. The molecule has 0 aliphatic heterocycles. The molecule has 0 amide bonds. The number of nitrogens with one attached hydrogen (secondary N) is 1. The molecule has 1 N–H and O–H groups in total. The van der Waals surface area contributed by atoms with E-state index in [0.29, 0.717) is 0 Å². The van der Waals surface area contributed by atoms with Crippen LogP contribution in [0.5, 0.6) is 0 Å². The number of H-pyrrole nitrogens is 1. The average Bonchev–Trinajstić information content (AvgIpc) is 2.37. The smallest absolute Gasteiger partial charge is 0.265 e. The number of aromatic nitrogens is 2. The van der Waals surface area contributed by atoms with Gasteiger partial charge in [-0.05, 0) is 11.6 Å². The Morgan fingerprint density at radius 2 is 1.89 bits per heavy atom. The monoisotopic (exact) mass is 262 g/mol. The van der Waals surface area contributed by atoms with E-state index in [-0.39, 0.29) is 24.3 Å². The van der Waals surface area contributed by atoms with E-state index in [9.17, 15) is 18.8 Å². The predicted octanol–water partition coefficient (Wildman–Crippen LogP) is 0.487. The van der Waals surface area contributed by atoms with E-state index < -0.39 is 16.9 Å². The molecule has 2 aromatic rings. The quantitative estimate of drug-likeness (QED) is 0.871. The zero-order valence-electron chi connectivity index (χ0n) is 9.93. The van der Waals surface area contributed by atoms with Crippen LogP contribution in [0.1, 0.15) is 5.56 Å². The second-order valence-electron chi connectivity index (χ2n) is 4.04. The van der Waals surface area contributed by atoms with Crippen molar-refractivity contribution in [3.63, 3.8) is 0 Å². The van der Waals surface area contributed by atoms with Gasteiger partial charge in [0.2, 0.25) is 0 Å². The first kappa shape index (κ1) is 12.9. The summed E-state index contributed by atoms with van der Waals surface area (Å²) in [5, 5.41) is 2.24. The Bertz CT molecular complexity index is 718. The van der Waals surface area contributed by atoms with Crippen LogP contribution in [-0.2, 0) is 17.8 Å². The van der Waals surface area contributed by atoms with Gasteiger partial charge in [0, 0.05) is 18.6 Å². The molecule has 0 unspecified atom stereocenters. The van der Waals surface area contributed by atoms with Crippen molar-refractivity contribution < 1.29 is 9.18 Å². The van der Waals surface area contributed by atoms with E-state index in [1.165, 1.54) is 18.2 Å². The van der Waals surface area contributed by atoms with Crippen LogP contribution in [0.2, 0.25) is 0 Å². The molecular weight excluding hydrogens is 251 g/mol. The van der Waals surface area contributed by atoms with Crippen LogP contribution >= 0.6 is 0 Å². The van der Waals surface area contributed by atoms with Crippen molar-refractivity contribution in [1.82, 2.24) is 9.78 Å². The van der Waals surface area contributed by atoms with Crippen molar-refractivity contribution in [2.75, 3.05) is 0 Å². The molecule has 19 heavy (non-hydrogen) atoms. The lowest BCUT2D eigenvalue weighted by Crippen LogP contribution is -2.31. The number of hydrogen-bond donors (Lipinski definition) is 1. The first-order valence-corrected chi connectivity index (χ1v) is 5.61. The number of carbonyl (C=O) groups excluding carboxylic acids is 1. The molecule has 0 fully saturated rings. The van der Waals surface area contributed by atoms with Gasteiger partial charge in [-0.15, -0.1) is 0 Å². The molecule has 0 spiro atoms. The maximum Gasteiger partial charge on any atom is 0.265 e. The summed E-state index contributed by atoms with van der Waals surface area (Å²) in [6.45, 7) is -0.288. The molecule has 6 heteroatoms. The highest BCUT2D eigenvalue weighted by molar-refractivity contribution is 5.80. The Labute approximate surface area is 107 Å². The van der Waals surface area contributed by atoms with Crippen LogP contribution in [0.15, 0.2) is 46.0 Å². The fraction of sp³-hybridized carbons (Fsp3) is 0.154. The molecule has 98 valence electrons. The maximum absolute atomic E-state index is 13.4. The molecule has 1 aromatic carbocycles. The van der Waals surface area contributed by atoms with Crippen molar-refractivity contribution in [3.8, 4) is 0 Å². The summed E-state index contributed by atoms with van der Waals surface area (Å²) in [5.41, 5.74) is -0.696. The number of ketones is 1. The topological polar surface area (TPSA) is 71.9 Å². The van der Waals surface area contributed by atoms with Crippen LogP contribution in [0.25, 0.3) is 0 Å². The largest absolute Gasteiger partial charge is 0.297 e. The van der Waals surface area contributed by atoms with E-state index in [0.717, 1.165) is 16.8 Å². The minimum Gasteiger partial charge on any atom is -0.297 e. The molecule has 2 rings (SSSR count). The molecule has 0 bridgehead atoms. The zero-order valence-corrected chi connectivity index (χ0v) is 9.93. The van der Waals surface area contributed by atoms with Crippen molar-refractivity contribution in [2.24, 2.45) is 0 Å². The maximum atomic E-state index is 13.4. The normalized spacial score (nSPS) is 10.4. The van der Waals surface area contributed by atoms with Gasteiger partial charge < -0.3 is 0 Å². The van der Waals surface area contributed by atoms with E-state index in [4.69, 9.17) is 0 Å². The molecule has 0 aliphatic rings. The number of rotatable bonds is 4. The van der Waals surface area contributed by atoms with E-state index in [1.807, 2.05) is 0 Å². The van der Waals surface area contributed by atoms with Crippen LogP contribution in [-0.4, -0.2) is 15.6 Å². The minimum absolute atomic E-state index is 0.129. The molecule has 5 nitrogen and oxygen atoms in total. The Balaban J connectivity index is 2.14. The molecule has 0 aliphatic carbocycles. The summed E-state index contributed by atoms with van der Waals surface area (Å²) in [5.74, 6) is -0.834. The zero-order chi connectivity index (χ0) is 13.8. The van der Waals surface area contributed by atoms with E-state index in [2.05, 4.69) is 5.10 Å². The number of Topliss-reactive ketones (excluding diaryl/α,β-unsaturated/α-hetero) is 1. The molecule has 0 atom stereocenters. The highest BCUT2D eigenvalue weighted by Gasteiger charge is 2.09. The van der Waals surface area contributed by atoms with Crippen molar-refractivity contribution in [2.45, 2.75) is 13.0 Å². The van der Waals surface area contributed by atoms with Crippen molar-refractivity contribution in [3.05, 3.63) is 68.5 Å². The summed E-state index contributed by atoms with van der Waals surface area (Å²) >= 11 is 0. The number of nitrogens with zero attached hydrogens (tertiary/aromatic N) is 1. The third-order valence-electron chi connectivity index (χ3n) is 2.57. The standard InChI is InChI=1S/C13H11FN2O3/c14-11-4-2-1-3-9(11)7-10(17)8-16-13(19)6-5-12(18)15-16/h1-6H,7-8H2,(H,15,18). The number of carbonyl (C=O) groups is 1. The van der Waals surface area contributed by atoms with Gasteiger partial charge in [0.25, 0.3) is 11.1 Å². The summed E-state index contributed by atoms with van der Waals surface area (Å²) in [6, 6.07) is 8.09. The first-order valence-electron chi connectivity index (χ1n) is 5.61. The summed E-state index contributed by atoms with van der Waals surface area (Å²) in [4.78, 5) is 34.2. The van der Waals surface area contributed by atoms with Gasteiger partial charge in [-0.25, -0.2) is 9.07 Å². The van der Waals surface area contributed by atoms with Crippen molar-refractivity contribution in [1.29, 1.82) is 0 Å². The third kappa shape index (κ3) is 3.25. The molecule has 1 aromatic heterocycles. The second-order valence-corrected chi connectivity index (χ2v) is 4.04. The van der Waals surface area contributed by atoms with Gasteiger partial charge in [0.1, 0.15) is 12.4 Å². The Morgan fingerprint density at radius 3 is 2.63 bits per heavy atom. The number of halogens is 1. The molecule has 0 radical (unpaired) electrons. The number of hydrogen-bond acceptors (Lipinski definition) is 3. The summed E-state index contributed by atoms with van der Waals surface area (Å²) < 4.78 is 14.3. The number of benzene rings is 1. The van der Waals surface area contributed by atoms with Gasteiger partial charge in [0.05, 0.1) is 0 Å². The van der Waals surface area contributed by atoms with E-state index in [1.54, 1.807) is 6.07 Å². The predicted molar refractivity (Wildman–Crippen MR) is 66.4 cm³/mol. The van der Waals surface area contributed by atoms with Crippen LogP contribution in [0.3, 0.4) is 0 Å². The van der Waals surface area contributed by atoms with Crippen LogP contribution in [0, 0.1) is 5.82 Å². The first-order chi connectivity index (χ1) is 9.06. The highest BCUT2D eigenvalue weighted by Crippen LogP contribution is 2.07. The number of aromatic amines is 1. The Morgan fingerprint density at radius 1 is 1.16 bits per heavy atom. The van der Waals surface area contributed by atoms with Crippen LogP contribution in [0.4, 0.5) is 4.39 Å². The fourth-order valence-corrected chi connectivity index (χ4v) is 1.67. The lowest BCUT2D eigenvalue weighted by Gasteiger charge is -2.05. The van der Waals surface area contributed by atoms with Gasteiger partial charge in [-0.2, -0.15) is 0 Å². The van der Waals surface area contributed by atoms with Gasteiger partial charge in [0.15, 0.2) is 5.78 Å². The molecule has 0 saturated carbocycles. The van der Waals surface area contributed by atoms with Gasteiger partial charge in [-0.1, -0.05) is 18.2 Å². The van der Waals surface area contributed by atoms with Gasteiger partial charge in [-0.3, -0.25) is 19.5 Å². The SMILES string of the molecule is O=C(Cc1ccccc1F)Cn1[nH]c(=O)ccc1=O. The summed E-state index contributed by atoms with van der Waals surface area (Å²) in [7, 11) is 0. The molecular formula is C13H11FN2O3. The minimum atomic E-state index is -0.485. The Hall–Kier alpha value is -2.50. The van der Waals surface area contributed by atoms with Crippen molar-refractivity contribution >= 4 is 5.78 Å². The molecule has 0 saturated heterocycles. The highest BCUT2D eigenvalue weighted by atomic mass is 19.1.